The van der Waals surface area contributed by atoms with Crippen molar-refractivity contribution in [2.75, 3.05) is 19.7 Å². The summed E-state index contributed by atoms with van der Waals surface area (Å²) in [5.74, 6) is -1.54. The van der Waals surface area contributed by atoms with Gasteiger partial charge in [-0.2, -0.15) is 0 Å². The van der Waals surface area contributed by atoms with Gasteiger partial charge in [-0.25, -0.2) is 4.39 Å². The van der Waals surface area contributed by atoms with Crippen LogP contribution in [0.3, 0.4) is 0 Å². The van der Waals surface area contributed by atoms with Gasteiger partial charge in [-0.05, 0) is 55.0 Å². The molecule has 0 saturated carbocycles. The van der Waals surface area contributed by atoms with Gasteiger partial charge in [0.1, 0.15) is 30.3 Å². The van der Waals surface area contributed by atoms with Crippen molar-refractivity contribution in [3.63, 3.8) is 0 Å². The minimum Gasteiger partial charge on any atom is -0.491 e. The zero-order valence-corrected chi connectivity index (χ0v) is 21.7. The second-order valence-electron chi connectivity index (χ2n) is 9.62. The summed E-state index contributed by atoms with van der Waals surface area (Å²) >= 11 is 0. The van der Waals surface area contributed by atoms with E-state index in [-0.39, 0.29) is 55.7 Å². The third kappa shape index (κ3) is 8.86. The summed E-state index contributed by atoms with van der Waals surface area (Å²) in [5.41, 5.74) is 1.08. The fourth-order valence-electron chi connectivity index (χ4n) is 4.09. The van der Waals surface area contributed by atoms with E-state index in [1.54, 1.807) is 36.4 Å². The van der Waals surface area contributed by atoms with Crippen LogP contribution in [-0.4, -0.2) is 55.4 Å². The molecule has 4 N–H and O–H groups in total. The molecule has 2 aromatic rings. The quantitative estimate of drug-likeness (QED) is 0.459. The topological polar surface area (TPSA) is 126 Å². The number of para-hydroxylation sites is 1. The summed E-state index contributed by atoms with van der Waals surface area (Å²) in [6, 6.07) is 10.9. The zero-order chi connectivity index (χ0) is 27.5. The Balaban J connectivity index is 1.75. The molecule has 0 bridgehead atoms. The number of carbonyl (C=O) groups excluding carboxylic acids is 4. The Morgan fingerprint density at radius 3 is 2.55 bits per heavy atom. The first-order valence-electron chi connectivity index (χ1n) is 12.8. The van der Waals surface area contributed by atoms with Crippen LogP contribution in [0.4, 0.5) is 4.39 Å². The largest absolute Gasteiger partial charge is 0.491 e. The van der Waals surface area contributed by atoms with Gasteiger partial charge in [0.25, 0.3) is 5.91 Å². The zero-order valence-electron chi connectivity index (χ0n) is 21.7. The summed E-state index contributed by atoms with van der Waals surface area (Å²) in [6.07, 6.45) is 0.872. The first kappa shape index (κ1) is 28.6. The highest BCUT2D eigenvalue weighted by Crippen LogP contribution is 2.18. The fourth-order valence-corrected chi connectivity index (χ4v) is 4.09. The number of nitrogens with one attached hydrogen (secondary N) is 4. The molecular formula is C28H35FN4O5. The molecule has 3 rings (SSSR count). The summed E-state index contributed by atoms with van der Waals surface area (Å²) in [4.78, 5) is 51.6. The molecule has 0 spiro atoms. The normalized spacial score (nSPS) is 19.1. The molecule has 0 aromatic heterocycles. The van der Waals surface area contributed by atoms with Crippen molar-refractivity contribution < 1.29 is 28.3 Å². The van der Waals surface area contributed by atoms with Crippen LogP contribution >= 0.6 is 0 Å². The molecule has 4 amide bonds. The minimum atomic E-state index is -1.00. The molecule has 1 aliphatic rings. The monoisotopic (exact) mass is 526 g/mol. The van der Waals surface area contributed by atoms with E-state index in [9.17, 15) is 23.6 Å². The van der Waals surface area contributed by atoms with Gasteiger partial charge in [-0.3, -0.25) is 19.2 Å². The number of benzene rings is 2. The van der Waals surface area contributed by atoms with Crippen molar-refractivity contribution in [3.8, 4) is 5.75 Å². The van der Waals surface area contributed by atoms with E-state index in [2.05, 4.69) is 21.3 Å². The number of hydrogen-bond donors (Lipinski definition) is 4. The van der Waals surface area contributed by atoms with Crippen molar-refractivity contribution in [3.05, 3.63) is 65.5 Å². The van der Waals surface area contributed by atoms with Crippen LogP contribution in [0.2, 0.25) is 0 Å². The summed E-state index contributed by atoms with van der Waals surface area (Å²) in [5, 5.41) is 11.0. The molecule has 1 aliphatic heterocycles. The maximum Gasteiger partial charge on any atom is 0.255 e. The minimum absolute atomic E-state index is 0.0268. The molecule has 0 radical (unpaired) electrons. The molecule has 0 unspecified atom stereocenters. The molecule has 0 aliphatic carbocycles. The van der Waals surface area contributed by atoms with Crippen molar-refractivity contribution in [1.29, 1.82) is 0 Å². The third-order valence-electron chi connectivity index (χ3n) is 6.06. The number of halogens is 1. The Hall–Kier alpha value is -3.95. The van der Waals surface area contributed by atoms with Crippen molar-refractivity contribution in [2.24, 2.45) is 5.92 Å². The van der Waals surface area contributed by atoms with Crippen LogP contribution in [0.1, 0.15) is 49.0 Å². The Labute approximate surface area is 221 Å². The molecule has 0 fully saturated rings. The van der Waals surface area contributed by atoms with Gasteiger partial charge < -0.3 is 26.0 Å². The van der Waals surface area contributed by atoms with E-state index in [4.69, 9.17) is 4.74 Å². The van der Waals surface area contributed by atoms with Gasteiger partial charge in [0, 0.05) is 13.0 Å². The van der Waals surface area contributed by atoms with Crippen molar-refractivity contribution in [2.45, 2.75) is 51.6 Å². The van der Waals surface area contributed by atoms with Crippen molar-refractivity contribution in [1.82, 2.24) is 21.3 Å². The number of hydrogen-bond acceptors (Lipinski definition) is 5. The molecule has 2 atom stereocenters. The lowest BCUT2D eigenvalue weighted by Crippen LogP contribution is -2.49. The second-order valence-corrected chi connectivity index (χ2v) is 9.62. The molecule has 2 aromatic carbocycles. The first-order valence-corrected chi connectivity index (χ1v) is 12.8. The number of amides is 4. The van der Waals surface area contributed by atoms with Gasteiger partial charge in [-0.15, -0.1) is 0 Å². The number of ether oxygens (including phenoxy) is 1. The maximum atomic E-state index is 13.1. The molecule has 1 heterocycles. The SMILES string of the molecule is CC(C)C[C@H]1NC(=O)CC[C@@H](C(=O)NCCc2ccc(F)cc2)NC(=O)c2ccccc2OCCNC1=O. The van der Waals surface area contributed by atoms with E-state index in [0.717, 1.165) is 5.56 Å². The standard InChI is InChI=1S/C28H35FN4O5/c1-18(2)17-23-28(37)31-15-16-38-24-6-4-3-5-21(24)26(35)33-22(11-12-25(34)32-23)27(36)30-14-13-19-7-9-20(29)10-8-19/h3-10,18,22-23H,11-17H2,1-2H3,(H,30,36)(H,31,37)(H,32,34)(H,33,35)/t22-,23+/m0/s1. The van der Waals surface area contributed by atoms with Gasteiger partial charge in [0.2, 0.25) is 17.7 Å². The van der Waals surface area contributed by atoms with Crippen molar-refractivity contribution >= 4 is 23.6 Å². The summed E-state index contributed by atoms with van der Waals surface area (Å²) in [6.45, 7) is 4.48. The highest BCUT2D eigenvalue weighted by molar-refractivity contribution is 5.99. The van der Waals surface area contributed by atoms with E-state index in [1.807, 2.05) is 13.8 Å². The van der Waals surface area contributed by atoms with E-state index in [0.29, 0.717) is 18.6 Å². The number of fused-ring (bicyclic) bond motifs is 1. The average molecular weight is 527 g/mol. The van der Waals surface area contributed by atoms with Crippen LogP contribution < -0.4 is 26.0 Å². The van der Waals surface area contributed by atoms with E-state index < -0.39 is 29.8 Å². The molecule has 204 valence electrons. The Morgan fingerprint density at radius 2 is 1.82 bits per heavy atom. The first-order chi connectivity index (χ1) is 18.2. The van der Waals surface area contributed by atoms with E-state index >= 15 is 0 Å². The Morgan fingerprint density at radius 1 is 1.08 bits per heavy atom. The molecule has 38 heavy (non-hydrogen) atoms. The summed E-state index contributed by atoms with van der Waals surface area (Å²) in [7, 11) is 0. The van der Waals surface area contributed by atoms with Crippen LogP contribution in [0.5, 0.6) is 5.75 Å². The Kier molecular flexibility index (Phi) is 10.6. The summed E-state index contributed by atoms with van der Waals surface area (Å²) < 4.78 is 18.9. The molecule has 10 heteroatoms. The second kappa shape index (κ2) is 14.1. The third-order valence-corrected chi connectivity index (χ3v) is 6.06. The van der Waals surface area contributed by atoms with Gasteiger partial charge in [-0.1, -0.05) is 38.1 Å². The predicted molar refractivity (Wildman–Crippen MR) is 140 cm³/mol. The smallest absolute Gasteiger partial charge is 0.255 e. The van der Waals surface area contributed by atoms with Crippen LogP contribution in [0.25, 0.3) is 0 Å². The van der Waals surface area contributed by atoms with Gasteiger partial charge >= 0.3 is 0 Å². The lowest BCUT2D eigenvalue weighted by atomic mass is 10.0. The van der Waals surface area contributed by atoms with Gasteiger partial charge in [0.05, 0.1) is 12.1 Å². The van der Waals surface area contributed by atoms with Crippen LogP contribution in [0.15, 0.2) is 48.5 Å². The fraction of sp³-hybridized carbons (Fsp3) is 0.429. The highest BCUT2D eigenvalue weighted by Gasteiger charge is 2.26. The van der Waals surface area contributed by atoms with E-state index in [1.165, 1.54) is 12.1 Å². The number of rotatable bonds is 6. The predicted octanol–water partition coefficient (Wildman–Crippen LogP) is 2.10. The van der Waals surface area contributed by atoms with Gasteiger partial charge in [0.15, 0.2) is 0 Å². The Bertz CT molecular complexity index is 1120. The maximum absolute atomic E-state index is 13.1. The molecule has 0 saturated heterocycles. The molecule has 9 nitrogen and oxygen atoms in total. The average Bonchev–Trinajstić information content (AvgIpc) is 2.89. The lowest BCUT2D eigenvalue weighted by Gasteiger charge is -2.21. The lowest BCUT2D eigenvalue weighted by molar-refractivity contribution is -0.130. The van der Waals surface area contributed by atoms with Crippen LogP contribution in [-0.2, 0) is 20.8 Å². The van der Waals surface area contributed by atoms with Crippen LogP contribution in [0, 0.1) is 11.7 Å². The highest BCUT2D eigenvalue weighted by atomic mass is 19.1. The molecular weight excluding hydrogens is 491 g/mol. The number of carbonyl (C=O) groups is 4.